The lowest BCUT2D eigenvalue weighted by molar-refractivity contribution is -0.114. The molecule has 0 aromatic heterocycles. The lowest BCUT2D eigenvalue weighted by atomic mass is 10.2. The molecule has 1 aliphatic heterocycles. The van der Waals surface area contributed by atoms with Crippen molar-refractivity contribution in [3.05, 3.63) is 42.2 Å². The van der Waals surface area contributed by atoms with Crippen molar-refractivity contribution in [3.8, 4) is 0 Å². The average Bonchev–Trinajstić information content (AvgIpc) is 2.44. The third-order valence-electron chi connectivity index (χ3n) is 2.13. The Morgan fingerprint density at radius 3 is 2.27 bits per heavy atom. The van der Waals surface area contributed by atoms with Crippen molar-refractivity contribution in [1.82, 2.24) is 0 Å². The minimum absolute atomic E-state index is 0.138. The number of carbonyl (C=O) groups is 2. The zero-order chi connectivity index (χ0) is 11.0. The predicted octanol–water partition coefficient (Wildman–Crippen LogP) is 1.99. The van der Waals surface area contributed by atoms with Crippen LogP contribution in [0.3, 0.4) is 0 Å². The van der Waals surface area contributed by atoms with Crippen molar-refractivity contribution in [2.24, 2.45) is 0 Å². The van der Waals surface area contributed by atoms with Gasteiger partial charge in [-0.1, -0.05) is 17.7 Å². The predicted molar refractivity (Wildman–Crippen MR) is 54.3 cm³/mol. The topological polar surface area (TPSA) is 46.6 Å². The van der Waals surface area contributed by atoms with E-state index in [0.29, 0.717) is 5.69 Å². The molecule has 0 aliphatic carbocycles. The minimum atomic E-state index is -0.700. The maximum atomic E-state index is 11.5. The van der Waals surface area contributed by atoms with Gasteiger partial charge in [0.2, 0.25) is 0 Å². The molecule has 1 aliphatic rings. The van der Waals surface area contributed by atoms with Crippen molar-refractivity contribution in [3.63, 3.8) is 0 Å². The fourth-order valence-corrected chi connectivity index (χ4v) is 1.32. The Labute approximate surface area is 86.8 Å². The van der Waals surface area contributed by atoms with Crippen LogP contribution in [0.15, 0.2) is 36.6 Å². The molecular formula is C11H9NO3. The zero-order valence-corrected chi connectivity index (χ0v) is 8.19. The number of nitrogens with zero attached hydrogens (tertiary/aromatic N) is 1. The van der Waals surface area contributed by atoms with Gasteiger partial charge in [-0.3, -0.25) is 4.79 Å². The van der Waals surface area contributed by atoms with Crippen LogP contribution >= 0.6 is 0 Å². The highest BCUT2D eigenvalue weighted by Gasteiger charge is 2.36. The number of rotatable bonds is 1. The molecule has 0 radical (unpaired) electrons. The summed E-state index contributed by atoms with van der Waals surface area (Å²) >= 11 is 0. The monoisotopic (exact) mass is 203 g/mol. The third-order valence-corrected chi connectivity index (χ3v) is 2.13. The van der Waals surface area contributed by atoms with Gasteiger partial charge in [-0.25, -0.2) is 9.69 Å². The summed E-state index contributed by atoms with van der Waals surface area (Å²) < 4.78 is 4.61. The molecule has 0 unspecified atom stereocenters. The van der Waals surface area contributed by atoms with Gasteiger partial charge in [-0.05, 0) is 25.6 Å². The van der Waals surface area contributed by atoms with Crippen LogP contribution in [-0.2, 0) is 9.53 Å². The first-order valence-electron chi connectivity index (χ1n) is 4.41. The summed E-state index contributed by atoms with van der Waals surface area (Å²) in [5.41, 5.74) is 1.55. The first-order valence-corrected chi connectivity index (χ1v) is 4.41. The van der Waals surface area contributed by atoms with Crippen LogP contribution in [0.25, 0.3) is 0 Å². The van der Waals surface area contributed by atoms with Gasteiger partial charge in [0.25, 0.3) is 0 Å². The van der Waals surface area contributed by atoms with Crippen LogP contribution in [0.5, 0.6) is 0 Å². The van der Waals surface area contributed by atoms with Crippen LogP contribution in [0.1, 0.15) is 5.56 Å². The van der Waals surface area contributed by atoms with E-state index in [1.807, 2.05) is 19.1 Å². The lowest BCUT2D eigenvalue weighted by Gasteiger charge is -2.09. The highest BCUT2D eigenvalue weighted by atomic mass is 16.6. The Hall–Kier alpha value is -2.10. The van der Waals surface area contributed by atoms with Gasteiger partial charge < -0.3 is 4.74 Å². The smallest absolute Gasteiger partial charge is 0.404 e. The van der Waals surface area contributed by atoms with Crippen LogP contribution in [0.4, 0.5) is 10.5 Å². The summed E-state index contributed by atoms with van der Waals surface area (Å²) in [7, 11) is 0. The van der Waals surface area contributed by atoms with Crippen molar-refractivity contribution >= 4 is 17.7 Å². The van der Waals surface area contributed by atoms with E-state index < -0.39 is 12.0 Å². The number of hydrogen-bond acceptors (Lipinski definition) is 3. The highest BCUT2D eigenvalue weighted by molar-refractivity contribution is 6.23. The number of imide groups is 1. The SMILES string of the molecule is C=C1OC(=O)N(c2ccc(C)cc2)C1=O. The number of hydrogen-bond donors (Lipinski definition) is 0. The van der Waals surface area contributed by atoms with E-state index in [9.17, 15) is 9.59 Å². The van der Waals surface area contributed by atoms with Crippen LogP contribution in [-0.4, -0.2) is 12.0 Å². The molecule has 0 N–H and O–H groups in total. The highest BCUT2D eigenvalue weighted by Crippen LogP contribution is 2.23. The van der Waals surface area contributed by atoms with E-state index >= 15 is 0 Å². The Bertz CT molecular complexity index is 447. The molecule has 2 rings (SSSR count). The maximum absolute atomic E-state index is 11.5. The van der Waals surface area contributed by atoms with Gasteiger partial charge in [0, 0.05) is 0 Å². The van der Waals surface area contributed by atoms with Crippen molar-refractivity contribution in [2.75, 3.05) is 4.90 Å². The largest absolute Gasteiger partial charge is 0.427 e. The van der Waals surface area contributed by atoms with E-state index in [1.54, 1.807) is 12.1 Å². The van der Waals surface area contributed by atoms with Gasteiger partial charge in [0.05, 0.1) is 5.69 Å². The minimum Gasteiger partial charge on any atom is -0.404 e. The van der Waals surface area contributed by atoms with Gasteiger partial charge in [-0.15, -0.1) is 0 Å². The van der Waals surface area contributed by atoms with E-state index in [4.69, 9.17) is 0 Å². The molecule has 1 fully saturated rings. The molecule has 0 bridgehead atoms. The number of aryl methyl sites for hydroxylation is 1. The van der Waals surface area contributed by atoms with Gasteiger partial charge in [-0.2, -0.15) is 0 Å². The molecule has 0 saturated carbocycles. The Morgan fingerprint density at radius 1 is 1.20 bits per heavy atom. The molecule has 1 saturated heterocycles. The Kier molecular flexibility index (Phi) is 2.04. The molecule has 15 heavy (non-hydrogen) atoms. The number of carbonyl (C=O) groups excluding carboxylic acids is 2. The summed E-state index contributed by atoms with van der Waals surface area (Å²) in [6, 6.07) is 7.01. The molecule has 76 valence electrons. The summed E-state index contributed by atoms with van der Waals surface area (Å²) in [5, 5.41) is 0. The number of amides is 2. The van der Waals surface area contributed by atoms with Gasteiger partial charge in [0.1, 0.15) is 0 Å². The number of anilines is 1. The summed E-state index contributed by atoms with van der Waals surface area (Å²) in [6.45, 7) is 5.27. The molecule has 4 nitrogen and oxygen atoms in total. The summed E-state index contributed by atoms with van der Waals surface area (Å²) in [6.07, 6.45) is -0.700. The maximum Gasteiger partial charge on any atom is 0.427 e. The molecule has 1 aromatic rings. The average molecular weight is 203 g/mol. The van der Waals surface area contributed by atoms with Crippen LogP contribution in [0.2, 0.25) is 0 Å². The lowest BCUT2D eigenvalue weighted by Crippen LogP contribution is -2.28. The Morgan fingerprint density at radius 2 is 1.80 bits per heavy atom. The second kappa shape index (κ2) is 3.24. The van der Waals surface area contributed by atoms with E-state index in [1.165, 1.54) is 0 Å². The van der Waals surface area contributed by atoms with Crippen molar-refractivity contribution < 1.29 is 14.3 Å². The normalized spacial score (nSPS) is 15.8. The van der Waals surface area contributed by atoms with Gasteiger partial charge in [0.15, 0.2) is 5.76 Å². The fraction of sp³-hybridized carbons (Fsp3) is 0.0909. The van der Waals surface area contributed by atoms with E-state index in [2.05, 4.69) is 11.3 Å². The van der Waals surface area contributed by atoms with Crippen LogP contribution in [0, 0.1) is 6.92 Å². The molecule has 0 spiro atoms. The van der Waals surface area contributed by atoms with Gasteiger partial charge >= 0.3 is 12.0 Å². The second-order valence-electron chi connectivity index (χ2n) is 3.27. The van der Waals surface area contributed by atoms with E-state index in [-0.39, 0.29) is 5.76 Å². The molecule has 1 aromatic carbocycles. The summed E-state index contributed by atoms with van der Waals surface area (Å²) in [5.74, 6) is -0.649. The molecule has 1 heterocycles. The van der Waals surface area contributed by atoms with Crippen LogP contribution < -0.4 is 4.90 Å². The quantitative estimate of drug-likeness (QED) is 0.656. The molecule has 4 heteroatoms. The fourth-order valence-electron chi connectivity index (χ4n) is 1.32. The number of ether oxygens (including phenoxy) is 1. The summed E-state index contributed by atoms with van der Waals surface area (Å²) in [4.78, 5) is 23.7. The second-order valence-corrected chi connectivity index (χ2v) is 3.27. The van der Waals surface area contributed by atoms with Crippen molar-refractivity contribution in [1.29, 1.82) is 0 Å². The first kappa shape index (κ1) is 9.45. The Balaban J connectivity index is 2.39. The van der Waals surface area contributed by atoms with Crippen molar-refractivity contribution in [2.45, 2.75) is 6.92 Å². The number of cyclic esters (lactones) is 1. The molecule has 0 atom stereocenters. The van der Waals surface area contributed by atoms with E-state index in [0.717, 1.165) is 10.5 Å². The third kappa shape index (κ3) is 1.50. The standard InChI is InChI=1S/C11H9NO3/c1-7-3-5-9(6-4-7)12-10(13)8(2)15-11(12)14/h3-6H,2H2,1H3. The zero-order valence-electron chi connectivity index (χ0n) is 8.19. The molecule has 2 amide bonds. The first-order chi connectivity index (χ1) is 7.09. The molecular weight excluding hydrogens is 194 g/mol. The number of benzene rings is 1.